The van der Waals surface area contributed by atoms with Crippen LogP contribution in [0.15, 0.2) is 16.6 Å². The Hall–Kier alpha value is -0.330. The number of nitrogens with two attached hydrogens (primary N) is 1. The molecule has 0 aliphatic rings. The van der Waals surface area contributed by atoms with E-state index < -0.39 is 23.6 Å². The van der Waals surface area contributed by atoms with Crippen LogP contribution in [0.25, 0.3) is 0 Å². The number of hydrogen-bond acceptors (Lipinski definition) is 1. The van der Waals surface area contributed by atoms with Gasteiger partial charge in [-0.1, -0.05) is 11.6 Å². The molecule has 0 aliphatic heterocycles. The molecular formula is C8H5BrClF4N. The van der Waals surface area contributed by atoms with Crippen molar-refractivity contribution in [3.63, 3.8) is 0 Å². The topological polar surface area (TPSA) is 26.0 Å². The lowest BCUT2D eigenvalue weighted by Crippen LogP contribution is -2.29. The summed E-state index contributed by atoms with van der Waals surface area (Å²) in [4.78, 5) is 0. The molecule has 0 fully saturated rings. The minimum absolute atomic E-state index is 0.0221. The van der Waals surface area contributed by atoms with E-state index in [2.05, 4.69) is 15.9 Å². The molecule has 0 bridgehead atoms. The van der Waals surface area contributed by atoms with Crippen LogP contribution in [-0.2, 0) is 0 Å². The smallest absolute Gasteiger partial charge is 0.316 e. The van der Waals surface area contributed by atoms with E-state index in [1.807, 2.05) is 0 Å². The average Bonchev–Trinajstić information content (AvgIpc) is 2.08. The molecule has 1 nitrogen and oxygen atoms in total. The van der Waals surface area contributed by atoms with Crippen LogP contribution in [-0.4, -0.2) is 6.18 Å². The van der Waals surface area contributed by atoms with Crippen LogP contribution in [0.2, 0.25) is 5.02 Å². The van der Waals surface area contributed by atoms with Crippen molar-refractivity contribution in [2.75, 3.05) is 0 Å². The van der Waals surface area contributed by atoms with E-state index in [1.54, 1.807) is 0 Å². The molecule has 1 aromatic rings. The summed E-state index contributed by atoms with van der Waals surface area (Å²) < 4.78 is 49.9. The van der Waals surface area contributed by atoms with Crippen molar-refractivity contribution >= 4 is 27.5 Å². The lowest BCUT2D eigenvalue weighted by Gasteiger charge is -2.17. The van der Waals surface area contributed by atoms with Crippen LogP contribution >= 0.6 is 27.5 Å². The van der Waals surface area contributed by atoms with E-state index in [0.29, 0.717) is 0 Å². The number of alkyl halides is 3. The SMILES string of the molecule is NC(c1cc(Cl)c(Br)cc1F)C(F)(F)F. The standard InChI is InChI=1S/C8H5BrClF4N/c9-4-2-6(11)3(1-5(4)10)7(15)8(12,13)14/h1-2,7H,15H2. The Morgan fingerprint density at radius 3 is 2.33 bits per heavy atom. The summed E-state index contributed by atoms with van der Waals surface area (Å²) in [7, 11) is 0. The van der Waals surface area contributed by atoms with Gasteiger partial charge >= 0.3 is 6.18 Å². The van der Waals surface area contributed by atoms with Crippen molar-refractivity contribution in [3.8, 4) is 0 Å². The fourth-order valence-corrected chi connectivity index (χ4v) is 1.44. The fraction of sp³-hybridized carbons (Fsp3) is 0.250. The molecule has 0 aliphatic carbocycles. The molecule has 1 unspecified atom stereocenters. The molecule has 15 heavy (non-hydrogen) atoms. The van der Waals surface area contributed by atoms with E-state index in [4.69, 9.17) is 17.3 Å². The molecule has 0 saturated heterocycles. The maximum absolute atomic E-state index is 13.1. The van der Waals surface area contributed by atoms with Crippen molar-refractivity contribution < 1.29 is 17.6 Å². The van der Waals surface area contributed by atoms with E-state index in [-0.39, 0.29) is 9.50 Å². The van der Waals surface area contributed by atoms with Gasteiger partial charge in [0.1, 0.15) is 11.9 Å². The predicted octanol–water partition coefficient (Wildman–Crippen LogP) is 3.80. The first-order valence-electron chi connectivity index (χ1n) is 3.70. The second-order valence-electron chi connectivity index (χ2n) is 2.81. The number of halogens is 6. The van der Waals surface area contributed by atoms with Gasteiger partial charge in [0.15, 0.2) is 0 Å². The number of hydrogen-bond donors (Lipinski definition) is 1. The van der Waals surface area contributed by atoms with Gasteiger partial charge in [-0.05, 0) is 28.1 Å². The summed E-state index contributed by atoms with van der Waals surface area (Å²) in [5.74, 6) is -1.05. The van der Waals surface area contributed by atoms with E-state index in [9.17, 15) is 17.6 Å². The monoisotopic (exact) mass is 305 g/mol. The highest BCUT2D eigenvalue weighted by Crippen LogP contribution is 2.35. The van der Waals surface area contributed by atoms with Gasteiger partial charge in [-0.15, -0.1) is 0 Å². The van der Waals surface area contributed by atoms with Gasteiger partial charge in [-0.25, -0.2) is 4.39 Å². The Kier molecular flexibility index (Phi) is 3.63. The highest BCUT2D eigenvalue weighted by molar-refractivity contribution is 9.10. The van der Waals surface area contributed by atoms with Crippen molar-refractivity contribution in [1.82, 2.24) is 0 Å². The summed E-state index contributed by atoms with van der Waals surface area (Å²) in [5.41, 5.74) is 4.18. The fourth-order valence-electron chi connectivity index (χ4n) is 0.953. The Morgan fingerprint density at radius 2 is 1.87 bits per heavy atom. The quantitative estimate of drug-likeness (QED) is 0.620. The normalized spacial score (nSPS) is 14.1. The molecular weight excluding hydrogens is 301 g/mol. The molecule has 0 radical (unpaired) electrons. The Bertz CT molecular complexity index is 380. The second kappa shape index (κ2) is 4.27. The Balaban J connectivity index is 3.21. The largest absolute Gasteiger partial charge is 0.407 e. The molecule has 1 atom stereocenters. The molecule has 0 saturated carbocycles. The summed E-state index contributed by atoms with van der Waals surface area (Å²) in [6.45, 7) is 0. The van der Waals surface area contributed by atoms with Crippen LogP contribution < -0.4 is 5.73 Å². The van der Waals surface area contributed by atoms with Gasteiger partial charge in [0.05, 0.1) is 5.02 Å². The lowest BCUT2D eigenvalue weighted by atomic mass is 10.1. The van der Waals surface area contributed by atoms with E-state index >= 15 is 0 Å². The lowest BCUT2D eigenvalue weighted by molar-refractivity contribution is -0.149. The molecule has 1 rings (SSSR count). The maximum Gasteiger partial charge on any atom is 0.407 e. The summed E-state index contributed by atoms with van der Waals surface area (Å²) in [6, 6.07) is -0.661. The second-order valence-corrected chi connectivity index (χ2v) is 4.07. The maximum atomic E-state index is 13.1. The Morgan fingerprint density at radius 1 is 1.33 bits per heavy atom. The van der Waals surface area contributed by atoms with Crippen molar-refractivity contribution in [3.05, 3.63) is 33.0 Å². The minimum Gasteiger partial charge on any atom is -0.316 e. The van der Waals surface area contributed by atoms with Crippen LogP contribution in [0, 0.1) is 5.82 Å². The van der Waals surface area contributed by atoms with Gasteiger partial charge in [-0.3, -0.25) is 0 Å². The summed E-state index contributed by atoms with van der Waals surface area (Å²) >= 11 is 8.43. The van der Waals surface area contributed by atoms with Crippen molar-refractivity contribution in [2.24, 2.45) is 5.73 Å². The molecule has 0 amide bonds. The third-order valence-electron chi connectivity index (χ3n) is 1.73. The zero-order chi connectivity index (χ0) is 11.8. The first-order chi connectivity index (χ1) is 6.73. The van der Waals surface area contributed by atoms with Gasteiger partial charge in [0.2, 0.25) is 0 Å². The highest BCUT2D eigenvalue weighted by atomic mass is 79.9. The summed E-state index contributed by atoms with van der Waals surface area (Å²) in [5, 5.41) is -0.0221. The zero-order valence-electron chi connectivity index (χ0n) is 7.08. The number of rotatable bonds is 1. The number of benzene rings is 1. The van der Waals surface area contributed by atoms with Crippen LogP contribution in [0.1, 0.15) is 11.6 Å². The minimum atomic E-state index is -4.70. The van der Waals surface area contributed by atoms with Crippen molar-refractivity contribution in [2.45, 2.75) is 12.2 Å². The molecule has 0 heterocycles. The molecule has 1 aromatic carbocycles. The van der Waals surface area contributed by atoms with Crippen LogP contribution in [0.3, 0.4) is 0 Å². The van der Waals surface area contributed by atoms with E-state index in [1.165, 1.54) is 0 Å². The first-order valence-corrected chi connectivity index (χ1v) is 4.87. The van der Waals surface area contributed by atoms with Gasteiger partial charge in [0, 0.05) is 10.0 Å². The summed E-state index contributed by atoms with van der Waals surface area (Å²) in [6.07, 6.45) is -4.70. The predicted molar refractivity (Wildman–Crippen MR) is 52.1 cm³/mol. The van der Waals surface area contributed by atoms with Crippen LogP contribution in [0.4, 0.5) is 17.6 Å². The third kappa shape index (κ3) is 2.83. The molecule has 0 aromatic heterocycles. The highest BCUT2D eigenvalue weighted by Gasteiger charge is 2.39. The third-order valence-corrected chi connectivity index (χ3v) is 2.92. The van der Waals surface area contributed by atoms with Crippen molar-refractivity contribution in [1.29, 1.82) is 0 Å². The van der Waals surface area contributed by atoms with Gasteiger partial charge < -0.3 is 5.73 Å². The molecule has 0 spiro atoms. The zero-order valence-corrected chi connectivity index (χ0v) is 9.42. The van der Waals surface area contributed by atoms with Crippen LogP contribution in [0.5, 0.6) is 0 Å². The molecule has 7 heteroatoms. The van der Waals surface area contributed by atoms with Gasteiger partial charge in [0.25, 0.3) is 0 Å². The molecule has 2 N–H and O–H groups in total. The molecule has 84 valence electrons. The average molecular weight is 306 g/mol. The van der Waals surface area contributed by atoms with E-state index in [0.717, 1.165) is 12.1 Å². The first kappa shape index (κ1) is 12.7. The Labute approximate surface area is 96.3 Å². The van der Waals surface area contributed by atoms with Gasteiger partial charge in [-0.2, -0.15) is 13.2 Å².